The third-order valence-electron chi connectivity index (χ3n) is 3.47. The number of aromatic nitrogens is 2. The summed E-state index contributed by atoms with van der Waals surface area (Å²) in [6, 6.07) is 7.22. The van der Waals surface area contributed by atoms with E-state index in [1.807, 2.05) is 12.1 Å². The lowest BCUT2D eigenvalue weighted by Gasteiger charge is -2.28. The minimum atomic E-state index is -0.441. The molecule has 0 saturated carbocycles. The number of thioether (sulfide) groups is 1. The summed E-state index contributed by atoms with van der Waals surface area (Å²) in [5.41, 5.74) is 0.822. The highest BCUT2D eigenvalue weighted by Crippen LogP contribution is 2.24. The van der Waals surface area contributed by atoms with Crippen LogP contribution in [0, 0.1) is 0 Å². The molecule has 0 spiro atoms. The van der Waals surface area contributed by atoms with Crippen LogP contribution in [0.2, 0.25) is 5.02 Å². The molecule has 8 heteroatoms. The number of halogens is 1. The van der Waals surface area contributed by atoms with E-state index >= 15 is 0 Å². The van der Waals surface area contributed by atoms with Crippen LogP contribution in [0.4, 0.5) is 0 Å². The molecule has 1 N–H and O–H groups in total. The number of aliphatic hydroxyl groups excluding tert-OH is 1. The van der Waals surface area contributed by atoms with Crippen molar-refractivity contribution >= 4 is 23.4 Å². The van der Waals surface area contributed by atoms with Gasteiger partial charge in [0.15, 0.2) is 0 Å². The summed E-state index contributed by atoms with van der Waals surface area (Å²) in [7, 11) is 0. The number of aliphatic hydroxyl groups is 1. The maximum Gasteiger partial charge on any atom is 0.276 e. The maximum atomic E-state index is 10.1. The summed E-state index contributed by atoms with van der Waals surface area (Å²) in [5, 5.41) is 19.2. The lowest BCUT2D eigenvalue weighted by atomic mass is 10.2. The maximum absolute atomic E-state index is 10.1. The largest absolute Gasteiger partial charge is 0.411 e. The van der Waals surface area contributed by atoms with Crippen LogP contribution in [0.5, 0.6) is 0 Å². The zero-order chi connectivity index (χ0) is 16.1. The van der Waals surface area contributed by atoms with Crippen molar-refractivity contribution < 1.29 is 14.3 Å². The first-order chi connectivity index (χ1) is 11.2. The third-order valence-corrected chi connectivity index (χ3v) is 4.68. The Morgan fingerprint density at radius 2 is 1.96 bits per heavy atom. The van der Waals surface area contributed by atoms with Gasteiger partial charge < -0.3 is 14.3 Å². The van der Waals surface area contributed by atoms with Crippen LogP contribution in [-0.2, 0) is 4.74 Å². The number of hydrogen-bond donors (Lipinski definition) is 1. The third kappa shape index (κ3) is 4.92. The average Bonchev–Trinajstić information content (AvgIpc) is 3.04. The molecular weight excluding hydrogens is 338 g/mol. The van der Waals surface area contributed by atoms with Gasteiger partial charge in [-0.3, -0.25) is 4.90 Å². The molecule has 2 aromatic rings. The van der Waals surface area contributed by atoms with E-state index < -0.39 is 6.10 Å². The van der Waals surface area contributed by atoms with E-state index in [1.165, 1.54) is 11.8 Å². The molecule has 1 fully saturated rings. The highest BCUT2D eigenvalue weighted by Gasteiger charge is 2.16. The molecule has 1 aromatic carbocycles. The second-order valence-corrected chi connectivity index (χ2v) is 6.67. The van der Waals surface area contributed by atoms with Crippen LogP contribution in [0.25, 0.3) is 11.5 Å². The molecule has 2 heterocycles. The standard InChI is InChI=1S/C15H18ClN3O3S/c16-12-3-1-11(2-4-12)14-17-18-15(22-14)23-10-13(20)9-19-5-7-21-8-6-19/h1-4,13,20H,5-10H2/t13-/m1/s1. The first kappa shape index (κ1) is 16.7. The van der Waals surface area contributed by atoms with Crippen LogP contribution >= 0.6 is 23.4 Å². The molecule has 1 aliphatic rings. The Morgan fingerprint density at radius 3 is 2.70 bits per heavy atom. The van der Waals surface area contributed by atoms with Gasteiger partial charge in [0.25, 0.3) is 5.22 Å². The number of β-amino-alcohol motifs (C(OH)–C–C–N with tert-alkyl or cyclic N) is 1. The second-order valence-electron chi connectivity index (χ2n) is 5.26. The second kappa shape index (κ2) is 8.12. The van der Waals surface area contributed by atoms with Gasteiger partial charge in [-0.2, -0.15) is 0 Å². The quantitative estimate of drug-likeness (QED) is 0.796. The van der Waals surface area contributed by atoms with Crippen molar-refractivity contribution in [1.82, 2.24) is 15.1 Å². The molecule has 0 radical (unpaired) electrons. The number of morpholine rings is 1. The topological polar surface area (TPSA) is 71.6 Å². The van der Waals surface area contributed by atoms with E-state index in [9.17, 15) is 5.11 Å². The predicted molar refractivity (Wildman–Crippen MR) is 88.7 cm³/mol. The molecule has 0 bridgehead atoms. The van der Waals surface area contributed by atoms with E-state index in [4.69, 9.17) is 20.8 Å². The fraction of sp³-hybridized carbons (Fsp3) is 0.467. The highest BCUT2D eigenvalue weighted by atomic mass is 35.5. The van der Waals surface area contributed by atoms with Crippen molar-refractivity contribution in [2.75, 3.05) is 38.6 Å². The molecule has 0 aliphatic carbocycles. The van der Waals surface area contributed by atoms with E-state index in [0.29, 0.717) is 28.4 Å². The monoisotopic (exact) mass is 355 g/mol. The van der Waals surface area contributed by atoms with Crippen molar-refractivity contribution in [3.05, 3.63) is 29.3 Å². The van der Waals surface area contributed by atoms with Gasteiger partial charge in [-0.05, 0) is 24.3 Å². The van der Waals surface area contributed by atoms with Crippen molar-refractivity contribution in [3.8, 4) is 11.5 Å². The summed E-state index contributed by atoms with van der Waals surface area (Å²) in [6.07, 6.45) is -0.441. The van der Waals surface area contributed by atoms with Gasteiger partial charge in [-0.15, -0.1) is 10.2 Å². The Balaban J connectivity index is 1.49. The molecule has 1 atom stereocenters. The molecule has 124 valence electrons. The van der Waals surface area contributed by atoms with E-state index in [1.54, 1.807) is 12.1 Å². The molecule has 1 saturated heterocycles. The summed E-state index contributed by atoms with van der Waals surface area (Å²) in [6.45, 7) is 3.82. The fourth-order valence-corrected chi connectivity index (χ4v) is 3.08. The first-order valence-electron chi connectivity index (χ1n) is 7.41. The van der Waals surface area contributed by atoms with Gasteiger partial charge in [0.1, 0.15) is 0 Å². The Kier molecular flexibility index (Phi) is 5.91. The van der Waals surface area contributed by atoms with Gasteiger partial charge in [-0.1, -0.05) is 23.4 Å². The highest BCUT2D eigenvalue weighted by molar-refractivity contribution is 7.99. The Bertz CT molecular complexity index is 617. The van der Waals surface area contributed by atoms with Crippen molar-refractivity contribution in [1.29, 1.82) is 0 Å². The smallest absolute Gasteiger partial charge is 0.276 e. The first-order valence-corrected chi connectivity index (χ1v) is 8.77. The zero-order valence-electron chi connectivity index (χ0n) is 12.5. The zero-order valence-corrected chi connectivity index (χ0v) is 14.1. The molecule has 6 nitrogen and oxygen atoms in total. The fourth-order valence-electron chi connectivity index (χ4n) is 2.28. The Labute approximate surface area is 143 Å². The van der Waals surface area contributed by atoms with Crippen LogP contribution in [-0.4, -0.2) is 64.9 Å². The van der Waals surface area contributed by atoms with Gasteiger partial charge in [0, 0.05) is 36.0 Å². The van der Waals surface area contributed by atoms with Crippen molar-refractivity contribution in [2.24, 2.45) is 0 Å². The molecule has 1 aliphatic heterocycles. The summed E-state index contributed by atoms with van der Waals surface area (Å²) in [4.78, 5) is 2.20. The minimum absolute atomic E-state index is 0.441. The van der Waals surface area contributed by atoms with Crippen LogP contribution in [0.1, 0.15) is 0 Å². The number of ether oxygens (including phenoxy) is 1. The average molecular weight is 356 g/mol. The van der Waals surface area contributed by atoms with Crippen LogP contribution in [0.15, 0.2) is 33.9 Å². The number of benzene rings is 1. The lowest BCUT2D eigenvalue weighted by Crippen LogP contribution is -2.41. The number of nitrogens with zero attached hydrogens (tertiary/aromatic N) is 3. The van der Waals surface area contributed by atoms with E-state index in [2.05, 4.69) is 15.1 Å². The summed E-state index contributed by atoms with van der Waals surface area (Å²) in [5.74, 6) is 0.964. The summed E-state index contributed by atoms with van der Waals surface area (Å²) < 4.78 is 10.9. The molecular formula is C15H18ClN3O3S. The lowest BCUT2D eigenvalue weighted by molar-refractivity contribution is 0.0188. The van der Waals surface area contributed by atoms with E-state index in [-0.39, 0.29) is 0 Å². The van der Waals surface area contributed by atoms with E-state index in [0.717, 1.165) is 31.9 Å². The SMILES string of the molecule is O[C@@H](CSc1nnc(-c2ccc(Cl)cc2)o1)CN1CCOCC1. The number of hydrogen-bond acceptors (Lipinski definition) is 7. The normalized spacial score (nSPS) is 17.3. The Morgan fingerprint density at radius 1 is 1.22 bits per heavy atom. The number of rotatable bonds is 6. The van der Waals surface area contributed by atoms with Crippen molar-refractivity contribution in [2.45, 2.75) is 11.3 Å². The molecule has 23 heavy (non-hydrogen) atoms. The van der Waals surface area contributed by atoms with Gasteiger partial charge in [-0.25, -0.2) is 0 Å². The van der Waals surface area contributed by atoms with Crippen LogP contribution < -0.4 is 0 Å². The molecule has 1 aromatic heterocycles. The Hall–Kier alpha value is -1.12. The van der Waals surface area contributed by atoms with Gasteiger partial charge in [0.05, 0.1) is 19.3 Å². The van der Waals surface area contributed by atoms with Gasteiger partial charge in [0.2, 0.25) is 5.89 Å². The predicted octanol–water partition coefficient (Wildman–Crippen LogP) is 2.18. The molecule has 0 amide bonds. The minimum Gasteiger partial charge on any atom is -0.411 e. The van der Waals surface area contributed by atoms with Crippen molar-refractivity contribution in [3.63, 3.8) is 0 Å². The van der Waals surface area contributed by atoms with Gasteiger partial charge >= 0.3 is 0 Å². The molecule has 3 rings (SSSR count). The summed E-state index contributed by atoms with van der Waals surface area (Å²) >= 11 is 7.22. The molecule has 0 unspecified atom stereocenters. The van der Waals surface area contributed by atoms with Crippen LogP contribution in [0.3, 0.4) is 0 Å².